The predicted octanol–water partition coefficient (Wildman–Crippen LogP) is 1.64. The minimum atomic E-state index is 0.245. The lowest BCUT2D eigenvalue weighted by Crippen LogP contribution is -1.86. The summed E-state index contributed by atoms with van der Waals surface area (Å²) in [5, 5.41) is 10.0. The van der Waals surface area contributed by atoms with Crippen LogP contribution in [0.25, 0.3) is 10.9 Å². The van der Waals surface area contributed by atoms with Gasteiger partial charge in [-0.05, 0) is 25.1 Å². The fraction of sp³-hybridized carbons (Fsp3) is 0.111. The number of aromatic nitrogens is 2. The number of aromatic hydroxyl groups is 1. The zero-order chi connectivity index (χ0) is 8.55. The third-order valence-electron chi connectivity index (χ3n) is 1.68. The Hall–Kier alpha value is -1.64. The van der Waals surface area contributed by atoms with Crippen molar-refractivity contribution in [1.82, 2.24) is 9.97 Å². The van der Waals surface area contributed by atoms with Gasteiger partial charge in [0.05, 0.1) is 5.52 Å². The Morgan fingerprint density at radius 3 is 3.00 bits per heavy atom. The Labute approximate surface area is 69.7 Å². The van der Waals surface area contributed by atoms with E-state index in [0.717, 1.165) is 16.7 Å². The molecule has 0 amide bonds. The highest BCUT2D eigenvalue weighted by Gasteiger charge is 1.96. The highest BCUT2D eigenvalue weighted by atomic mass is 16.3. The summed E-state index contributed by atoms with van der Waals surface area (Å²) in [6.07, 6.45) is 1.71. The highest BCUT2D eigenvalue weighted by molar-refractivity contribution is 5.78. The Balaban J connectivity index is 2.79. The van der Waals surface area contributed by atoms with E-state index in [9.17, 15) is 0 Å². The number of hydrogen-bond donors (Lipinski definition) is 1. The van der Waals surface area contributed by atoms with E-state index in [1.807, 2.05) is 6.92 Å². The first kappa shape index (κ1) is 7.03. The van der Waals surface area contributed by atoms with Crippen molar-refractivity contribution in [2.75, 3.05) is 0 Å². The number of benzene rings is 1. The molecule has 0 fully saturated rings. The van der Waals surface area contributed by atoms with Crippen molar-refractivity contribution in [1.29, 1.82) is 0 Å². The van der Waals surface area contributed by atoms with Crippen molar-refractivity contribution in [2.45, 2.75) is 6.92 Å². The van der Waals surface area contributed by atoms with Crippen LogP contribution in [0.3, 0.4) is 0 Å². The van der Waals surface area contributed by atoms with Gasteiger partial charge in [-0.2, -0.15) is 0 Å². The molecule has 0 spiro atoms. The van der Waals surface area contributed by atoms with Crippen LogP contribution in [-0.2, 0) is 0 Å². The van der Waals surface area contributed by atoms with Gasteiger partial charge in [0.15, 0.2) is 0 Å². The van der Waals surface area contributed by atoms with E-state index in [2.05, 4.69) is 9.97 Å². The van der Waals surface area contributed by atoms with Crippen LogP contribution in [0.5, 0.6) is 5.75 Å². The average molecular weight is 160 g/mol. The highest BCUT2D eigenvalue weighted by Crippen LogP contribution is 2.16. The van der Waals surface area contributed by atoms with Crippen molar-refractivity contribution < 1.29 is 5.11 Å². The molecule has 0 saturated carbocycles. The van der Waals surface area contributed by atoms with Gasteiger partial charge in [-0.25, -0.2) is 9.97 Å². The third-order valence-corrected chi connectivity index (χ3v) is 1.68. The van der Waals surface area contributed by atoms with Gasteiger partial charge in [0.2, 0.25) is 0 Å². The molecule has 2 rings (SSSR count). The largest absolute Gasteiger partial charge is 0.508 e. The number of phenols is 1. The van der Waals surface area contributed by atoms with Crippen molar-refractivity contribution in [3.8, 4) is 5.75 Å². The molecule has 1 aromatic carbocycles. The molecule has 0 atom stereocenters. The summed E-state index contributed by atoms with van der Waals surface area (Å²) in [5.74, 6) is 0.989. The molecule has 0 aliphatic heterocycles. The van der Waals surface area contributed by atoms with E-state index >= 15 is 0 Å². The second-order valence-corrected chi connectivity index (χ2v) is 2.66. The Morgan fingerprint density at radius 2 is 2.17 bits per heavy atom. The first-order chi connectivity index (χ1) is 5.75. The van der Waals surface area contributed by atoms with Crippen LogP contribution in [0.1, 0.15) is 5.82 Å². The zero-order valence-electron chi connectivity index (χ0n) is 6.65. The van der Waals surface area contributed by atoms with Gasteiger partial charge in [0.1, 0.15) is 11.6 Å². The Bertz CT molecular complexity index is 385. The van der Waals surface area contributed by atoms with Crippen molar-refractivity contribution >= 4 is 10.9 Å². The summed E-state index contributed by atoms with van der Waals surface area (Å²) < 4.78 is 0. The second-order valence-electron chi connectivity index (χ2n) is 2.66. The molecule has 3 nitrogen and oxygen atoms in total. The van der Waals surface area contributed by atoms with E-state index in [-0.39, 0.29) is 5.75 Å². The quantitative estimate of drug-likeness (QED) is 0.637. The van der Waals surface area contributed by atoms with Gasteiger partial charge in [-0.15, -0.1) is 0 Å². The third kappa shape index (κ3) is 1.09. The first-order valence-corrected chi connectivity index (χ1v) is 3.68. The second kappa shape index (κ2) is 2.44. The van der Waals surface area contributed by atoms with Crippen LogP contribution in [0.4, 0.5) is 0 Å². The lowest BCUT2D eigenvalue weighted by molar-refractivity contribution is 0.476. The monoisotopic (exact) mass is 160 g/mol. The fourth-order valence-corrected chi connectivity index (χ4v) is 1.11. The SMILES string of the molecule is Cc1ncc2cc(O)ccc2n1. The average Bonchev–Trinajstić information content (AvgIpc) is 2.05. The molecule has 1 aromatic heterocycles. The predicted molar refractivity (Wildman–Crippen MR) is 45.9 cm³/mol. The Morgan fingerprint density at radius 1 is 1.33 bits per heavy atom. The van der Waals surface area contributed by atoms with E-state index in [1.165, 1.54) is 0 Å². The molecular formula is C9H8N2O. The molecule has 1 heterocycles. The van der Waals surface area contributed by atoms with E-state index in [4.69, 9.17) is 5.11 Å². The lowest BCUT2D eigenvalue weighted by Gasteiger charge is -1.97. The van der Waals surface area contributed by atoms with Crippen molar-refractivity contribution in [2.24, 2.45) is 0 Å². The van der Waals surface area contributed by atoms with Gasteiger partial charge in [-0.1, -0.05) is 0 Å². The lowest BCUT2D eigenvalue weighted by atomic mass is 10.2. The number of fused-ring (bicyclic) bond motifs is 1. The molecule has 0 radical (unpaired) electrons. The molecule has 0 aliphatic rings. The smallest absolute Gasteiger partial charge is 0.125 e. The summed E-state index contributed by atoms with van der Waals surface area (Å²) >= 11 is 0. The van der Waals surface area contributed by atoms with E-state index < -0.39 is 0 Å². The molecule has 60 valence electrons. The van der Waals surface area contributed by atoms with Crippen LogP contribution < -0.4 is 0 Å². The molecule has 1 N–H and O–H groups in total. The van der Waals surface area contributed by atoms with Gasteiger partial charge in [-0.3, -0.25) is 0 Å². The molecule has 0 aliphatic carbocycles. The van der Waals surface area contributed by atoms with Crippen LogP contribution in [0.2, 0.25) is 0 Å². The normalized spacial score (nSPS) is 10.4. The molecule has 0 saturated heterocycles. The van der Waals surface area contributed by atoms with Crippen LogP contribution in [0, 0.1) is 6.92 Å². The topological polar surface area (TPSA) is 46.0 Å². The van der Waals surface area contributed by atoms with Gasteiger partial charge < -0.3 is 5.11 Å². The molecule has 12 heavy (non-hydrogen) atoms. The fourth-order valence-electron chi connectivity index (χ4n) is 1.11. The van der Waals surface area contributed by atoms with E-state index in [0.29, 0.717) is 0 Å². The van der Waals surface area contributed by atoms with Gasteiger partial charge in [0, 0.05) is 11.6 Å². The van der Waals surface area contributed by atoms with Crippen LogP contribution >= 0.6 is 0 Å². The summed E-state index contributed by atoms with van der Waals surface area (Å²) in [6.45, 7) is 1.84. The van der Waals surface area contributed by atoms with Crippen molar-refractivity contribution in [3.63, 3.8) is 0 Å². The Kier molecular flexibility index (Phi) is 1.43. The zero-order valence-corrected chi connectivity index (χ0v) is 6.65. The number of nitrogens with zero attached hydrogens (tertiary/aromatic N) is 2. The maximum absolute atomic E-state index is 9.14. The van der Waals surface area contributed by atoms with Gasteiger partial charge in [0.25, 0.3) is 0 Å². The summed E-state index contributed by atoms with van der Waals surface area (Å²) in [6, 6.07) is 5.04. The molecular weight excluding hydrogens is 152 g/mol. The van der Waals surface area contributed by atoms with E-state index in [1.54, 1.807) is 24.4 Å². The van der Waals surface area contributed by atoms with Crippen molar-refractivity contribution in [3.05, 3.63) is 30.2 Å². The molecule has 0 bridgehead atoms. The summed E-state index contributed by atoms with van der Waals surface area (Å²) in [5.41, 5.74) is 0.861. The van der Waals surface area contributed by atoms with Crippen LogP contribution in [-0.4, -0.2) is 15.1 Å². The maximum atomic E-state index is 9.14. The van der Waals surface area contributed by atoms with Crippen LogP contribution in [0.15, 0.2) is 24.4 Å². The van der Waals surface area contributed by atoms with Gasteiger partial charge >= 0.3 is 0 Å². The first-order valence-electron chi connectivity index (χ1n) is 3.68. The number of phenolic OH excluding ortho intramolecular Hbond substituents is 1. The molecule has 0 unspecified atom stereocenters. The maximum Gasteiger partial charge on any atom is 0.125 e. The number of aryl methyl sites for hydroxylation is 1. The summed E-state index contributed by atoms with van der Waals surface area (Å²) in [4.78, 5) is 8.22. The standard InChI is InChI=1S/C9H8N2O/c1-6-10-5-7-4-8(12)2-3-9(7)11-6/h2-5,12H,1H3. The number of hydrogen-bond acceptors (Lipinski definition) is 3. The molecule has 3 heteroatoms. The molecule has 2 aromatic rings. The minimum absolute atomic E-state index is 0.245. The summed E-state index contributed by atoms with van der Waals surface area (Å²) in [7, 11) is 0. The number of rotatable bonds is 0. The minimum Gasteiger partial charge on any atom is -0.508 e.